The molecule has 8 heteroatoms. The zero-order valence-electron chi connectivity index (χ0n) is 21.0. The Balaban J connectivity index is 1.44. The number of nitriles is 1. The number of aromatic nitrogens is 1. The summed E-state index contributed by atoms with van der Waals surface area (Å²) in [4.78, 5) is 33.0. The van der Waals surface area contributed by atoms with Crippen molar-refractivity contribution in [1.82, 2.24) is 20.1 Å². The molecule has 1 aromatic carbocycles. The highest BCUT2D eigenvalue weighted by Gasteiger charge is 2.28. The van der Waals surface area contributed by atoms with E-state index in [9.17, 15) is 9.59 Å². The van der Waals surface area contributed by atoms with Gasteiger partial charge in [0, 0.05) is 43.6 Å². The Morgan fingerprint density at radius 3 is 2.47 bits per heavy atom. The molecule has 3 heterocycles. The molecule has 2 amide bonds. The lowest BCUT2D eigenvalue weighted by molar-refractivity contribution is -0.117. The van der Waals surface area contributed by atoms with Gasteiger partial charge < -0.3 is 15.5 Å². The smallest absolute Gasteiger partial charge is 0.257 e. The van der Waals surface area contributed by atoms with Gasteiger partial charge in [-0.1, -0.05) is 12.1 Å². The van der Waals surface area contributed by atoms with Gasteiger partial charge in [-0.25, -0.2) is 4.98 Å². The Bertz CT molecular complexity index is 1200. The molecule has 186 valence electrons. The summed E-state index contributed by atoms with van der Waals surface area (Å²) in [6.07, 6.45) is 6.21. The quantitative estimate of drug-likeness (QED) is 0.577. The lowest BCUT2D eigenvalue weighted by atomic mass is 9.89. The van der Waals surface area contributed by atoms with E-state index in [0.29, 0.717) is 29.3 Å². The maximum absolute atomic E-state index is 12.9. The molecule has 0 atom stereocenters. The fourth-order valence-corrected chi connectivity index (χ4v) is 4.64. The summed E-state index contributed by atoms with van der Waals surface area (Å²) in [6.45, 7) is 8.01. The fourth-order valence-electron chi connectivity index (χ4n) is 4.64. The van der Waals surface area contributed by atoms with Crippen LogP contribution in [0.5, 0.6) is 0 Å². The summed E-state index contributed by atoms with van der Waals surface area (Å²) >= 11 is 0. The zero-order valence-corrected chi connectivity index (χ0v) is 21.0. The van der Waals surface area contributed by atoms with Gasteiger partial charge in [0.2, 0.25) is 6.41 Å². The van der Waals surface area contributed by atoms with Crippen molar-refractivity contribution in [2.24, 2.45) is 0 Å². The topological polar surface area (TPSA) is 101 Å². The molecule has 0 spiro atoms. The molecule has 1 saturated heterocycles. The molecule has 0 saturated carbocycles. The molecule has 4 rings (SSSR count). The van der Waals surface area contributed by atoms with E-state index < -0.39 is 0 Å². The van der Waals surface area contributed by atoms with Gasteiger partial charge in [0.15, 0.2) is 0 Å². The van der Waals surface area contributed by atoms with Crippen molar-refractivity contribution >= 4 is 18.1 Å². The number of hydrogen-bond donors (Lipinski definition) is 2. The first-order valence-corrected chi connectivity index (χ1v) is 12.3. The summed E-state index contributed by atoms with van der Waals surface area (Å²) in [7, 11) is 0. The van der Waals surface area contributed by atoms with Crippen LogP contribution in [0.1, 0.15) is 61.0 Å². The molecule has 0 bridgehead atoms. The highest BCUT2D eigenvalue weighted by atomic mass is 16.2. The molecule has 2 N–H and O–H groups in total. The summed E-state index contributed by atoms with van der Waals surface area (Å²) < 4.78 is 0. The van der Waals surface area contributed by atoms with Crippen molar-refractivity contribution < 1.29 is 9.59 Å². The summed E-state index contributed by atoms with van der Waals surface area (Å²) in [5.74, 6) is 1.71. The Morgan fingerprint density at radius 2 is 1.89 bits per heavy atom. The molecule has 2 aromatic rings. The second-order valence-corrected chi connectivity index (χ2v) is 9.61. The van der Waals surface area contributed by atoms with Gasteiger partial charge in [0.05, 0.1) is 17.2 Å². The minimum absolute atomic E-state index is 0.234. The number of pyridine rings is 1. The standard InChI is InChI=1S/C28H32N6O2/c1-19(2)31-26-9-8-24(16-30-26)28(36)32-25-14-27(34(18-35)17-20(25)3)33-12-10-23(11-13-33)22-6-4-21(15-29)5-7-22/h4-9,14,16,18-19,23H,10-13,17H2,1-3H3,(H,30,31)(H,32,36). The minimum atomic E-state index is -0.234. The predicted octanol–water partition coefficient (Wildman–Crippen LogP) is 3.97. The van der Waals surface area contributed by atoms with E-state index in [1.807, 2.05) is 51.1 Å². The number of hydrogen-bond acceptors (Lipinski definition) is 6. The highest BCUT2D eigenvalue weighted by Crippen LogP contribution is 2.31. The summed E-state index contributed by atoms with van der Waals surface area (Å²) in [6, 6.07) is 13.8. The van der Waals surface area contributed by atoms with Crippen LogP contribution >= 0.6 is 0 Å². The maximum Gasteiger partial charge on any atom is 0.257 e. The van der Waals surface area contributed by atoms with Gasteiger partial charge in [-0.05, 0) is 74.9 Å². The Morgan fingerprint density at radius 1 is 1.17 bits per heavy atom. The number of benzene rings is 1. The number of carbonyl (C=O) groups is 2. The Kier molecular flexibility index (Phi) is 7.69. The first kappa shape index (κ1) is 25.0. The molecule has 0 aliphatic carbocycles. The number of anilines is 1. The maximum atomic E-state index is 12.9. The summed E-state index contributed by atoms with van der Waals surface area (Å²) in [5.41, 5.74) is 4.01. The minimum Gasteiger partial charge on any atom is -0.368 e. The second kappa shape index (κ2) is 11.1. The average Bonchev–Trinajstić information content (AvgIpc) is 2.90. The molecule has 0 unspecified atom stereocenters. The number of likely N-dealkylation sites (tertiary alicyclic amines) is 1. The van der Waals surface area contributed by atoms with E-state index in [0.717, 1.165) is 49.6 Å². The average molecular weight is 485 g/mol. The van der Waals surface area contributed by atoms with Crippen LogP contribution in [0.25, 0.3) is 0 Å². The SMILES string of the molecule is CC1=C(NC(=O)c2ccc(NC(C)C)nc2)C=C(N2CCC(c3ccc(C#N)cc3)CC2)N(C=O)C1. The second-order valence-electron chi connectivity index (χ2n) is 9.61. The molecule has 2 aliphatic heterocycles. The van der Waals surface area contributed by atoms with E-state index in [2.05, 4.69) is 26.6 Å². The lowest BCUT2D eigenvalue weighted by Gasteiger charge is -2.40. The van der Waals surface area contributed by atoms with Crippen LogP contribution in [0, 0.1) is 11.3 Å². The van der Waals surface area contributed by atoms with Crippen LogP contribution in [0.15, 0.2) is 65.8 Å². The fraction of sp³-hybridized carbons (Fsp3) is 0.357. The van der Waals surface area contributed by atoms with Gasteiger partial charge in [-0.2, -0.15) is 5.26 Å². The van der Waals surface area contributed by atoms with Gasteiger partial charge in [-0.3, -0.25) is 14.5 Å². The monoisotopic (exact) mass is 484 g/mol. The van der Waals surface area contributed by atoms with E-state index in [1.165, 1.54) is 5.56 Å². The molecule has 8 nitrogen and oxygen atoms in total. The van der Waals surface area contributed by atoms with E-state index in [4.69, 9.17) is 5.26 Å². The molecule has 2 aliphatic rings. The molecular weight excluding hydrogens is 452 g/mol. The van der Waals surface area contributed by atoms with Crippen LogP contribution in [-0.4, -0.2) is 52.8 Å². The zero-order chi connectivity index (χ0) is 25.7. The van der Waals surface area contributed by atoms with Crippen LogP contribution in [-0.2, 0) is 4.79 Å². The van der Waals surface area contributed by atoms with E-state index >= 15 is 0 Å². The third kappa shape index (κ3) is 5.74. The third-order valence-corrected chi connectivity index (χ3v) is 6.60. The lowest BCUT2D eigenvalue weighted by Crippen LogP contribution is -2.42. The van der Waals surface area contributed by atoms with Crippen molar-refractivity contribution in [1.29, 1.82) is 5.26 Å². The van der Waals surface area contributed by atoms with Gasteiger partial charge in [0.25, 0.3) is 5.91 Å². The van der Waals surface area contributed by atoms with E-state index in [1.54, 1.807) is 23.2 Å². The Labute approximate surface area is 212 Å². The van der Waals surface area contributed by atoms with Gasteiger partial charge in [0.1, 0.15) is 11.6 Å². The van der Waals surface area contributed by atoms with Crippen LogP contribution in [0.2, 0.25) is 0 Å². The number of amides is 2. The van der Waals surface area contributed by atoms with Crippen molar-refractivity contribution in [2.75, 3.05) is 25.0 Å². The number of nitrogens with zero attached hydrogens (tertiary/aromatic N) is 4. The highest BCUT2D eigenvalue weighted by molar-refractivity contribution is 5.95. The molecule has 1 aromatic heterocycles. The molecule has 36 heavy (non-hydrogen) atoms. The summed E-state index contributed by atoms with van der Waals surface area (Å²) in [5, 5.41) is 15.3. The third-order valence-electron chi connectivity index (χ3n) is 6.60. The normalized spacial score (nSPS) is 16.5. The molecular formula is C28H32N6O2. The molecule has 0 radical (unpaired) electrons. The van der Waals surface area contributed by atoms with Gasteiger partial charge >= 0.3 is 0 Å². The number of allylic oxidation sites excluding steroid dienone is 1. The first-order chi connectivity index (χ1) is 17.4. The number of piperidine rings is 1. The van der Waals surface area contributed by atoms with Crippen LogP contribution < -0.4 is 10.6 Å². The Hall–Kier alpha value is -4.12. The first-order valence-electron chi connectivity index (χ1n) is 12.3. The number of carbonyl (C=O) groups excluding carboxylic acids is 2. The molecule has 1 fully saturated rings. The van der Waals surface area contributed by atoms with Crippen molar-refractivity contribution in [3.8, 4) is 6.07 Å². The van der Waals surface area contributed by atoms with Crippen LogP contribution in [0.4, 0.5) is 5.82 Å². The largest absolute Gasteiger partial charge is 0.368 e. The van der Waals surface area contributed by atoms with Gasteiger partial charge in [-0.15, -0.1) is 0 Å². The van der Waals surface area contributed by atoms with Crippen molar-refractivity contribution in [3.05, 3.63) is 82.5 Å². The van der Waals surface area contributed by atoms with E-state index in [-0.39, 0.29) is 11.9 Å². The number of nitrogens with one attached hydrogen (secondary N) is 2. The van der Waals surface area contributed by atoms with Crippen molar-refractivity contribution in [3.63, 3.8) is 0 Å². The van der Waals surface area contributed by atoms with Crippen LogP contribution in [0.3, 0.4) is 0 Å². The predicted molar refractivity (Wildman–Crippen MR) is 139 cm³/mol. The number of rotatable bonds is 7. The van der Waals surface area contributed by atoms with Crippen molar-refractivity contribution in [2.45, 2.75) is 45.6 Å².